The van der Waals surface area contributed by atoms with Crippen molar-refractivity contribution in [3.05, 3.63) is 64.8 Å². The molecule has 0 unspecified atom stereocenters. The van der Waals surface area contributed by atoms with E-state index in [-0.39, 0.29) is 0 Å². The highest BCUT2D eigenvalue weighted by Crippen LogP contribution is 2.29. The molecule has 0 amide bonds. The Morgan fingerprint density at radius 3 is 2.69 bits per heavy atom. The minimum absolute atomic E-state index is 1.16. The van der Waals surface area contributed by atoms with Crippen LogP contribution in [0.1, 0.15) is 30.4 Å². The molecule has 0 saturated carbocycles. The first-order valence-corrected chi connectivity index (χ1v) is 6.04. The molecule has 2 aliphatic carbocycles. The van der Waals surface area contributed by atoms with Crippen LogP contribution in [-0.4, -0.2) is 0 Å². The molecule has 16 heavy (non-hydrogen) atoms. The first-order chi connectivity index (χ1) is 7.92. The molecular weight excluding hydrogens is 192 g/mol. The highest BCUT2D eigenvalue weighted by molar-refractivity contribution is 5.63. The molecule has 0 heteroatoms. The van der Waals surface area contributed by atoms with Crippen LogP contribution in [0.15, 0.2) is 53.6 Å². The van der Waals surface area contributed by atoms with Gasteiger partial charge in [0, 0.05) is 0 Å². The van der Waals surface area contributed by atoms with E-state index in [4.69, 9.17) is 0 Å². The lowest BCUT2D eigenvalue weighted by atomic mass is 10.0. The number of hydrogen-bond acceptors (Lipinski definition) is 0. The zero-order valence-corrected chi connectivity index (χ0v) is 9.45. The summed E-state index contributed by atoms with van der Waals surface area (Å²) < 4.78 is 0. The second-order valence-electron chi connectivity index (χ2n) is 4.64. The zero-order valence-electron chi connectivity index (χ0n) is 9.45. The van der Waals surface area contributed by atoms with E-state index in [1.807, 2.05) is 0 Å². The number of allylic oxidation sites excluding steroid dienone is 5. The Labute approximate surface area is 97.0 Å². The van der Waals surface area contributed by atoms with Crippen LogP contribution >= 0.6 is 0 Å². The molecule has 0 saturated heterocycles. The van der Waals surface area contributed by atoms with Gasteiger partial charge in [-0.15, -0.1) is 0 Å². The summed E-state index contributed by atoms with van der Waals surface area (Å²) in [5, 5.41) is 0. The van der Waals surface area contributed by atoms with Gasteiger partial charge in [-0.25, -0.2) is 0 Å². The van der Waals surface area contributed by atoms with Crippen molar-refractivity contribution in [3.8, 4) is 0 Å². The van der Waals surface area contributed by atoms with Crippen LogP contribution in [0, 0.1) is 0 Å². The van der Waals surface area contributed by atoms with E-state index >= 15 is 0 Å². The van der Waals surface area contributed by atoms with Crippen LogP contribution in [0.2, 0.25) is 0 Å². The van der Waals surface area contributed by atoms with Crippen molar-refractivity contribution >= 4 is 6.08 Å². The fourth-order valence-corrected chi connectivity index (χ4v) is 2.51. The first kappa shape index (κ1) is 9.65. The van der Waals surface area contributed by atoms with E-state index in [1.54, 1.807) is 11.1 Å². The second kappa shape index (κ2) is 4.13. The summed E-state index contributed by atoms with van der Waals surface area (Å²) in [5.41, 5.74) is 6.10. The van der Waals surface area contributed by atoms with Gasteiger partial charge >= 0.3 is 0 Å². The third-order valence-corrected chi connectivity index (χ3v) is 3.45. The van der Waals surface area contributed by atoms with Crippen molar-refractivity contribution in [2.75, 3.05) is 0 Å². The summed E-state index contributed by atoms with van der Waals surface area (Å²) in [7, 11) is 0. The fraction of sp³-hybridized carbons (Fsp3) is 0.250. The second-order valence-corrected chi connectivity index (χ2v) is 4.64. The van der Waals surface area contributed by atoms with Crippen LogP contribution in [0.4, 0.5) is 0 Å². The van der Waals surface area contributed by atoms with Gasteiger partial charge in [0.15, 0.2) is 0 Å². The van der Waals surface area contributed by atoms with Gasteiger partial charge in [-0.05, 0) is 36.8 Å². The van der Waals surface area contributed by atoms with Crippen molar-refractivity contribution in [2.45, 2.75) is 25.7 Å². The maximum Gasteiger partial charge on any atom is -0.00577 e. The van der Waals surface area contributed by atoms with Crippen LogP contribution in [0.25, 0.3) is 6.08 Å². The third kappa shape index (κ3) is 1.88. The average Bonchev–Trinajstić information content (AvgIpc) is 2.95. The summed E-state index contributed by atoms with van der Waals surface area (Å²) in [6, 6.07) is 8.73. The molecule has 0 atom stereocenters. The van der Waals surface area contributed by atoms with Crippen LogP contribution in [-0.2, 0) is 6.42 Å². The number of benzene rings is 1. The normalized spacial score (nSPS) is 17.2. The molecule has 0 heterocycles. The van der Waals surface area contributed by atoms with Gasteiger partial charge in [-0.3, -0.25) is 0 Å². The monoisotopic (exact) mass is 208 g/mol. The zero-order chi connectivity index (χ0) is 10.8. The van der Waals surface area contributed by atoms with Gasteiger partial charge in [0.25, 0.3) is 0 Å². The summed E-state index contributed by atoms with van der Waals surface area (Å²) >= 11 is 0. The van der Waals surface area contributed by atoms with E-state index in [0.29, 0.717) is 0 Å². The van der Waals surface area contributed by atoms with Crippen molar-refractivity contribution in [3.63, 3.8) is 0 Å². The predicted octanol–water partition coefficient (Wildman–Crippen LogP) is 4.29. The van der Waals surface area contributed by atoms with Gasteiger partial charge in [-0.1, -0.05) is 59.7 Å². The SMILES string of the molecule is C1=CCC(CCC2=Cc3ccccc3C2)=C1. The Kier molecular flexibility index (Phi) is 2.49. The van der Waals surface area contributed by atoms with Crippen molar-refractivity contribution in [2.24, 2.45) is 0 Å². The molecule has 0 aromatic heterocycles. The van der Waals surface area contributed by atoms with Crippen molar-refractivity contribution in [1.82, 2.24) is 0 Å². The van der Waals surface area contributed by atoms with Gasteiger partial charge in [0.2, 0.25) is 0 Å². The van der Waals surface area contributed by atoms with Gasteiger partial charge < -0.3 is 0 Å². The summed E-state index contributed by atoms with van der Waals surface area (Å²) in [6.07, 6.45) is 13.8. The van der Waals surface area contributed by atoms with Gasteiger partial charge in [0.05, 0.1) is 0 Å². The molecule has 1 aromatic rings. The van der Waals surface area contributed by atoms with Crippen LogP contribution < -0.4 is 0 Å². The Hall–Kier alpha value is -1.56. The standard InChI is InChI=1S/C16H16/c1-2-6-13(5-1)9-10-14-11-15-7-3-4-8-16(15)12-14/h1-5,7-8,11H,6,9-10,12H2. The minimum Gasteiger partial charge on any atom is -0.0805 e. The van der Waals surface area contributed by atoms with E-state index in [1.165, 1.54) is 30.4 Å². The van der Waals surface area contributed by atoms with E-state index in [9.17, 15) is 0 Å². The van der Waals surface area contributed by atoms with Crippen LogP contribution in [0.5, 0.6) is 0 Å². The molecule has 0 aliphatic heterocycles. The molecule has 0 nitrogen and oxygen atoms in total. The lowest BCUT2D eigenvalue weighted by Gasteiger charge is -2.03. The van der Waals surface area contributed by atoms with Crippen molar-refractivity contribution < 1.29 is 0 Å². The maximum atomic E-state index is 2.37. The molecule has 0 bridgehead atoms. The first-order valence-electron chi connectivity index (χ1n) is 6.04. The Morgan fingerprint density at radius 1 is 1.00 bits per heavy atom. The van der Waals surface area contributed by atoms with Gasteiger partial charge in [0.1, 0.15) is 0 Å². The maximum absolute atomic E-state index is 2.37. The molecule has 0 spiro atoms. The largest absolute Gasteiger partial charge is 0.0805 e. The summed E-state index contributed by atoms with van der Waals surface area (Å²) in [5.74, 6) is 0. The number of hydrogen-bond donors (Lipinski definition) is 0. The molecular formula is C16H16. The average molecular weight is 208 g/mol. The Balaban J connectivity index is 1.63. The van der Waals surface area contributed by atoms with E-state index < -0.39 is 0 Å². The lowest BCUT2D eigenvalue weighted by molar-refractivity contribution is 0.887. The Bertz CT molecular complexity index is 487. The molecule has 2 aliphatic rings. The quantitative estimate of drug-likeness (QED) is 0.695. The van der Waals surface area contributed by atoms with E-state index in [0.717, 1.165) is 6.42 Å². The highest BCUT2D eigenvalue weighted by Gasteiger charge is 2.11. The van der Waals surface area contributed by atoms with Crippen molar-refractivity contribution in [1.29, 1.82) is 0 Å². The number of fused-ring (bicyclic) bond motifs is 1. The molecule has 0 radical (unpaired) electrons. The fourth-order valence-electron chi connectivity index (χ4n) is 2.51. The Morgan fingerprint density at radius 2 is 1.88 bits per heavy atom. The highest BCUT2D eigenvalue weighted by atomic mass is 14.2. The molecule has 0 fully saturated rings. The summed E-state index contributed by atoms with van der Waals surface area (Å²) in [4.78, 5) is 0. The van der Waals surface area contributed by atoms with Crippen LogP contribution in [0.3, 0.4) is 0 Å². The predicted molar refractivity (Wildman–Crippen MR) is 69.2 cm³/mol. The lowest BCUT2D eigenvalue weighted by Crippen LogP contribution is -1.86. The summed E-state index contributed by atoms with van der Waals surface area (Å²) in [6.45, 7) is 0. The number of rotatable bonds is 3. The van der Waals surface area contributed by atoms with Gasteiger partial charge in [-0.2, -0.15) is 0 Å². The molecule has 0 N–H and O–H groups in total. The topological polar surface area (TPSA) is 0 Å². The molecule has 1 aromatic carbocycles. The van der Waals surface area contributed by atoms with E-state index in [2.05, 4.69) is 48.6 Å². The molecule has 80 valence electrons. The smallest absolute Gasteiger partial charge is 0.00577 e. The third-order valence-electron chi connectivity index (χ3n) is 3.45. The minimum atomic E-state index is 1.16. The molecule has 3 rings (SSSR count).